The van der Waals surface area contributed by atoms with Crippen LogP contribution in [0.3, 0.4) is 0 Å². The topological polar surface area (TPSA) is 83.8 Å². The van der Waals surface area contributed by atoms with Gasteiger partial charge in [0.05, 0.1) is 12.2 Å². The zero-order chi connectivity index (χ0) is 12.9. The first-order valence-corrected chi connectivity index (χ1v) is 6.10. The molecule has 0 saturated heterocycles. The smallest absolute Gasteiger partial charge is 0.320 e. The van der Waals surface area contributed by atoms with E-state index < -0.39 is 23.5 Å². The van der Waals surface area contributed by atoms with Gasteiger partial charge in [-0.25, -0.2) is 0 Å². The highest BCUT2D eigenvalue weighted by Crippen LogP contribution is 2.33. The lowest BCUT2D eigenvalue weighted by molar-refractivity contribution is -0.162. The molecule has 5 nitrogen and oxygen atoms in total. The van der Waals surface area contributed by atoms with Crippen molar-refractivity contribution in [2.45, 2.75) is 51.0 Å². The van der Waals surface area contributed by atoms with Gasteiger partial charge in [0.25, 0.3) is 0 Å². The van der Waals surface area contributed by atoms with Crippen LogP contribution in [0.15, 0.2) is 0 Å². The molecule has 17 heavy (non-hydrogen) atoms. The Bertz CT molecular complexity index is 281. The molecule has 1 saturated carbocycles. The molecule has 1 unspecified atom stereocenters. The van der Waals surface area contributed by atoms with E-state index in [0.717, 1.165) is 19.3 Å². The van der Waals surface area contributed by atoms with Gasteiger partial charge >= 0.3 is 11.9 Å². The minimum atomic E-state index is -1.25. The highest BCUT2D eigenvalue weighted by molar-refractivity contribution is 5.94. The molecule has 0 bridgehead atoms. The summed E-state index contributed by atoms with van der Waals surface area (Å²) in [7, 11) is 0. The van der Waals surface area contributed by atoms with Gasteiger partial charge in [-0.15, -0.1) is 0 Å². The maximum Gasteiger partial charge on any atom is 0.320 e. The molecule has 1 fully saturated rings. The van der Waals surface area contributed by atoms with Crippen LogP contribution >= 0.6 is 0 Å². The zero-order valence-corrected chi connectivity index (χ0v) is 10.1. The molecule has 2 N–H and O–H groups in total. The number of rotatable bonds is 5. The molecule has 0 aromatic carbocycles. The quantitative estimate of drug-likeness (QED) is 0.563. The van der Waals surface area contributed by atoms with Gasteiger partial charge in [0.2, 0.25) is 0 Å². The summed E-state index contributed by atoms with van der Waals surface area (Å²) in [6, 6.07) is 0. The van der Waals surface area contributed by atoms with Gasteiger partial charge < -0.3 is 14.9 Å². The standard InChI is InChI=1S/C12H20O5/c1-2-17-11(15)9(10(13)14)8-12(16)6-4-3-5-7-12/h9,16H,2-8H2,1H3,(H,13,14). The first-order chi connectivity index (χ1) is 7.98. The zero-order valence-electron chi connectivity index (χ0n) is 10.1. The van der Waals surface area contributed by atoms with Gasteiger partial charge in [-0.2, -0.15) is 0 Å². The third-order valence-corrected chi connectivity index (χ3v) is 3.24. The number of carboxylic acid groups (broad SMARTS) is 1. The number of hydrogen-bond donors (Lipinski definition) is 2. The van der Waals surface area contributed by atoms with E-state index in [9.17, 15) is 14.7 Å². The Labute approximate surface area is 101 Å². The number of carbonyl (C=O) groups is 2. The van der Waals surface area contributed by atoms with Crippen molar-refractivity contribution in [3.8, 4) is 0 Å². The molecule has 0 aliphatic heterocycles. The minimum absolute atomic E-state index is 0.0405. The van der Waals surface area contributed by atoms with Gasteiger partial charge in [0.1, 0.15) is 0 Å². The van der Waals surface area contributed by atoms with Gasteiger partial charge in [0.15, 0.2) is 5.92 Å². The first-order valence-electron chi connectivity index (χ1n) is 6.10. The molecule has 0 aromatic rings. The third-order valence-electron chi connectivity index (χ3n) is 3.24. The summed E-state index contributed by atoms with van der Waals surface area (Å²) in [6.45, 7) is 1.78. The predicted octanol–water partition coefficient (Wildman–Crippen LogP) is 1.34. The molecular weight excluding hydrogens is 224 g/mol. The molecule has 0 heterocycles. The first kappa shape index (κ1) is 14.0. The van der Waals surface area contributed by atoms with Crippen molar-refractivity contribution in [1.29, 1.82) is 0 Å². The van der Waals surface area contributed by atoms with E-state index in [1.807, 2.05) is 0 Å². The molecule has 1 aliphatic carbocycles. The highest BCUT2D eigenvalue weighted by Gasteiger charge is 2.38. The van der Waals surface area contributed by atoms with Crippen LogP contribution in [-0.2, 0) is 14.3 Å². The number of carbonyl (C=O) groups excluding carboxylic acids is 1. The van der Waals surface area contributed by atoms with E-state index in [1.165, 1.54) is 0 Å². The van der Waals surface area contributed by atoms with Crippen LogP contribution in [-0.4, -0.2) is 34.4 Å². The minimum Gasteiger partial charge on any atom is -0.481 e. The average molecular weight is 244 g/mol. The van der Waals surface area contributed by atoms with Gasteiger partial charge in [0, 0.05) is 6.42 Å². The average Bonchev–Trinajstić information content (AvgIpc) is 2.27. The van der Waals surface area contributed by atoms with Crippen molar-refractivity contribution in [1.82, 2.24) is 0 Å². The van der Waals surface area contributed by atoms with Crippen molar-refractivity contribution in [3.05, 3.63) is 0 Å². The fourth-order valence-electron chi connectivity index (χ4n) is 2.31. The Morgan fingerprint density at radius 1 is 1.29 bits per heavy atom. The number of ether oxygens (including phenoxy) is 1. The lowest BCUT2D eigenvalue weighted by Gasteiger charge is -2.33. The number of carboxylic acids is 1. The van der Waals surface area contributed by atoms with Crippen molar-refractivity contribution in [3.63, 3.8) is 0 Å². The van der Waals surface area contributed by atoms with Crippen molar-refractivity contribution in [2.24, 2.45) is 5.92 Å². The highest BCUT2D eigenvalue weighted by atomic mass is 16.5. The Hall–Kier alpha value is -1.10. The molecule has 98 valence electrons. The number of aliphatic hydroxyl groups is 1. The van der Waals surface area contributed by atoms with E-state index in [4.69, 9.17) is 9.84 Å². The molecule has 0 aromatic heterocycles. The van der Waals surface area contributed by atoms with E-state index in [2.05, 4.69) is 0 Å². The van der Waals surface area contributed by atoms with Gasteiger partial charge in [-0.1, -0.05) is 19.3 Å². The normalized spacial score (nSPS) is 20.6. The Morgan fingerprint density at radius 3 is 2.35 bits per heavy atom. The van der Waals surface area contributed by atoms with E-state index >= 15 is 0 Å². The van der Waals surface area contributed by atoms with Crippen LogP contribution in [0.25, 0.3) is 0 Å². The number of aliphatic carboxylic acids is 1. The monoisotopic (exact) mass is 244 g/mol. The summed E-state index contributed by atoms with van der Waals surface area (Å²) < 4.78 is 4.72. The lowest BCUT2D eigenvalue weighted by Crippen LogP contribution is -2.39. The molecule has 1 aliphatic rings. The summed E-state index contributed by atoms with van der Waals surface area (Å²) in [5.74, 6) is -3.22. The Balaban J connectivity index is 2.65. The number of esters is 1. The summed E-state index contributed by atoms with van der Waals surface area (Å²) in [6.07, 6.45) is 3.91. The van der Waals surface area contributed by atoms with Crippen LogP contribution < -0.4 is 0 Å². The summed E-state index contributed by atoms with van der Waals surface area (Å²) in [5, 5.41) is 19.2. The molecule has 0 radical (unpaired) electrons. The van der Waals surface area contributed by atoms with E-state index in [0.29, 0.717) is 12.8 Å². The molecule has 0 spiro atoms. The van der Waals surface area contributed by atoms with E-state index in [1.54, 1.807) is 6.92 Å². The third kappa shape index (κ3) is 4.00. The van der Waals surface area contributed by atoms with Gasteiger partial charge in [-0.3, -0.25) is 9.59 Å². The fourth-order valence-corrected chi connectivity index (χ4v) is 2.31. The predicted molar refractivity (Wildman–Crippen MR) is 60.4 cm³/mol. The Kier molecular flexibility index (Phi) is 4.93. The second kappa shape index (κ2) is 6.00. The van der Waals surface area contributed by atoms with Crippen LogP contribution in [0.5, 0.6) is 0 Å². The SMILES string of the molecule is CCOC(=O)C(CC1(O)CCCCC1)C(=O)O. The lowest BCUT2D eigenvalue weighted by atomic mass is 9.78. The van der Waals surface area contributed by atoms with Crippen LogP contribution in [0.4, 0.5) is 0 Å². The van der Waals surface area contributed by atoms with Crippen LogP contribution in [0.1, 0.15) is 45.4 Å². The number of hydrogen-bond acceptors (Lipinski definition) is 4. The largest absolute Gasteiger partial charge is 0.481 e. The summed E-state index contributed by atoms with van der Waals surface area (Å²) >= 11 is 0. The van der Waals surface area contributed by atoms with Crippen LogP contribution in [0.2, 0.25) is 0 Å². The fraction of sp³-hybridized carbons (Fsp3) is 0.833. The van der Waals surface area contributed by atoms with Crippen LogP contribution in [0, 0.1) is 5.92 Å². The van der Waals surface area contributed by atoms with Crippen molar-refractivity contribution in [2.75, 3.05) is 6.61 Å². The van der Waals surface area contributed by atoms with Gasteiger partial charge in [-0.05, 0) is 19.8 Å². The second-order valence-electron chi connectivity index (χ2n) is 4.63. The molecular formula is C12H20O5. The summed E-state index contributed by atoms with van der Waals surface area (Å²) in [4.78, 5) is 22.5. The molecule has 1 rings (SSSR count). The van der Waals surface area contributed by atoms with Crippen molar-refractivity contribution < 1.29 is 24.5 Å². The maximum absolute atomic E-state index is 11.5. The second-order valence-corrected chi connectivity index (χ2v) is 4.63. The summed E-state index contributed by atoms with van der Waals surface area (Å²) in [5.41, 5.74) is -1.02. The van der Waals surface area contributed by atoms with E-state index in [-0.39, 0.29) is 13.0 Å². The Morgan fingerprint density at radius 2 is 1.88 bits per heavy atom. The van der Waals surface area contributed by atoms with Crippen molar-refractivity contribution >= 4 is 11.9 Å². The molecule has 5 heteroatoms. The molecule has 0 amide bonds. The maximum atomic E-state index is 11.5. The molecule has 1 atom stereocenters.